The third-order valence-electron chi connectivity index (χ3n) is 2.47. The van der Waals surface area contributed by atoms with Gasteiger partial charge in [-0.25, -0.2) is 0 Å². The lowest BCUT2D eigenvalue weighted by molar-refractivity contribution is -0.529. The van der Waals surface area contributed by atoms with Gasteiger partial charge in [-0.3, -0.25) is 14.9 Å². The van der Waals surface area contributed by atoms with Crippen LogP contribution in [0.1, 0.15) is 19.4 Å². The number of rotatable bonds is 5. The third-order valence-corrected chi connectivity index (χ3v) is 2.47. The Bertz CT molecular complexity index is 391. The molecule has 5 heteroatoms. The first-order valence-corrected chi connectivity index (χ1v) is 5.35. The van der Waals surface area contributed by atoms with Crippen molar-refractivity contribution in [2.45, 2.75) is 32.4 Å². The second kappa shape index (κ2) is 5.98. The van der Waals surface area contributed by atoms with E-state index in [4.69, 9.17) is 4.74 Å². The Hall–Kier alpha value is -1.91. The molecule has 0 radical (unpaired) electrons. The van der Waals surface area contributed by atoms with E-state index in [9.17, 15) is 14.9 Å². The van der Waals surface area contributed by atoms with Crippen molar-refractivity contribution in [3.63, 3.8) is 0 Å². The maximum atomic E-state index is 10.9. The molecule has 1 aromatic rings. The normalized spacial score (nSPS) is 13.8. The Balaban J connectivity index is 2.77. The summed E-state index contributed by atoms with van der Waals surface area (Å²) in [5.74, 6) is -0.500. The lowest BCUT2D eigenvalue weighted by atomic mass is 10.0. The van der Waals surface area contributed by atoms with E-state index in [0.717, 1.165) is 5.56 Å². The van der Waals surface area contributed by atoms with Gasteiger partial charge >= 0.3 is 5.97 Å². The van der Waals surface area contributed by atoms with Gasteiger partial charge in [-0.1, -0.05) is 30.3 Å². The summed E-state index contributed by atoms with van der Waals surface area (Å²) >= 11 is 0. The number of carbonyl (C=O) groups is 1. The van der Waals surface area contributed by atoms with Crippen LogP contribution in [0.3, 0.4) is 0 Å². The zero-order valence-corrected chi connectivity index (χ0v) is 9.83. The number of ether oxygens (including phenoxy) is 1. The van der Waals surface area contributed by atoms with Gasteiger partial charge in [0.1, 0.15) is 0 Å². The van der Waals surface area contributed by atoms with Crippen molar-refractivity contribution in [2.75, 3.05) is 0 Å². The van der Waals surface area contributed by atoms with Crippen LogP contribution in [-0.4, -0.2) is 23.0 Å². The van der Waals surface area contributed by atoms with Crippen LogP contribution in [0.2, 0.25) is 0 Å². The molecule has 0 N–H and O–H groups in total. The highest BCUT2D eigenvalue weighted by Crippen LogP contribution is 2.11. The highest BCUT2D eigenvalue weighted by atomic mass is 16.6. The SMILES string of the molecule is CC(=O)OC(Cc1ccccc1)C(C)[N+](=O)[O-]. The van der Waals surface area contributed by atoms with Crippen molar-refractivity contribution in [3.8, 4) is 0 Å². The van der Waals surface area contributed by atoms with Gasteiger partial charge in [-0.05, 0) is 5.56 Å². The molecule has 1 rings (SSSR count). The summed E-state index contributed by atoms with van der Waals surface area (Å²) in [6, 6.07) is 8.33. The van der Waals surface area contributed by atoms with Crippen LogP contribution < -0.4 is 0 Å². The number of carbonyl (C=O) groups excluding carboxylic acids is 1. The van der Waals surface area contributed by atoms with E-state index in [2.05, 4.69) is 0 Å². The molecule has 92 valence electrons. The summed E-state index contributed by atoms with van der Waals surface area (Å²) in [6.07, 6.45) is -0.382. The van der Waals surface area contributed by atoms with Crippen LogP contribution in [0, 0.1) is 10.1 Å². The number of hydrogen-bond donors (Lipinski definition) is 0. The molecule has 0 amide bonds. The molecule has 5 nitrogen and oxygen atoms in total. The Morgan fingerprint density at radius 1 is 1.41 bits per heavy atom. The zero-order chi connectivity index (χ0) is 12.8. The standard InChI is InChI=1S/C12H15NO4/c1-9(13(15)16)12(17-10(2)14)8-11-6-4-3-5-7-11/h3-7,9,12H,8H2,1-2H3. The Labute approximate surface area is 99.5 Å². The van der Waals surface area contributed by atoms with Gasteiger partial charge in [0.05, 0.1) is 0 Å². The maximum absolute atomic E-state index is 10.9. The molecule has 0 fully saturated rings. The predicted molar refractivity (Wildman–Crippen MR) is 62.2 cm³/mol. The lowest BCUT2D eigenvalue weighted by Gasteiger charge is -2.18. The van der Waals surface area contributed by atoms with Crippen molar-refractivity contribution >= 4 is 5.97 Å². The number of nitro groups is 1. The van der Waals surface area contributed by atoms with E-state index < -0.39 is 23.0 Å². The number of benzene rings is 1. The summed E-state index contributed by atoms with van der Waals surface area (Å²) in [5, 5.41) is 10.7. The van der Waals surface area contributed by atoms with Crippen molar-refractivity contribution in [3.05, 3.63) is 46.0 Å². The second-order valence-corrected chi connectivity index (χ2v) is 3.86. The molecule has 1 aromatic carbocycles. The Morgan fingerprint density at radius 3 is 2.47 bits per heavy atom. The molecule has 17 heavy (non-hydrogen) atoms. The molecule has 0 aromatic heterocycles. The zero-order valence-electron chi connectivity index (χ0n) is 9.83. The van der Waals surface area contributed by atoms with E-state index in [-0.39, 0.29) is 0 Å². The molecular formula is C12H15NO4. The summed E-state index contributed by atoms with van der Waals surface area (Å²) in [7, 11) is 0. The molecule has 2 unspecified atom stereocenters. The molecule has 0 aliphatic carbocycles. The van der Waals surface area contributed by atoms with Crippen LogP contribution in [0.15, 0.2) is 30.3 Å². The van der Waals surface area contributed by atoms with Gasteiger partial charge in [-0.15, -0.1) is 0 Å². The summed E-state index contributed by atoms with van der Waals surface area (Å²) in [4.78, 5) is 21.2. The first kappa shape index (κ1) is 13.2. The largest absolute Gasteiger partial charge is 0.455 e. The molecule has 0 aliphatic rings. The van der Waals surface area contributed by atoms with Gasteiger partial charge in [0.2, 0.25) is 6.04 Å². The second-order valence-electron chi connectivity index (χ2n) is 3.86. The monoisotopic (exact) mass is 237 g/mol. The van der Waals surface area contributed by atoms with Gasteiger partial charge in [0, 0.05) is 25.2 Å². The van der Waals surface area contributed by atoms with Gasteiger partial charge < -0.3 is 4.74 Å². The summed E-state index contributed by atoms with van der Waals surface area (Å²) in [5.41, 5.74) is 0.910. The lowest BCUT2D eigenvalue weighted by Crippen LogP contribution is -2.36. The highest BCUT2D eigenvalue weighted by molar-refractivity contribution is 5.66. The van der Waals surface area contributed by atoms with E-state index in [1.54, 1.807) is 0 Å². The molecule has 0 heterocycles. The molecule has 2 atom stereocenters. The quantitative estimate of drug-likeness (QED) is 0.445. The molecule has 0 aliphatic heterocycles. The average Bonchev–Trinajstić information content (AvgIpc) is 2.28. The van der Waals surface area contributed by atoms with Gasteiger partial charge in [0.25, 0.3) is 0 Å². The Morgan fingerprint density at radius 2 is 2.00 bits per heavy atom. The fourth-order valence-electron chi connectivity index (χ4n) is 1.51. The molecule has 0 spiro atoms. The van der Waals surface area contributed by atoms with Crippen molar-refractivity contribution < 1.29 is 14.5 Å². The topological polar surface area (TPSA) is 69.4 Å². The minimum Gasteiger partial charge on any atom is -0.455 e. The van der Waals surface area contributed by atoms with Crippen LogP contribution in [0.5, 0.6) is 0 Å². The number of hydrogen-bond acceptors (Lipinski definition) is 4. The third kappa shape index (κ3) is 4.22. The minimum atomic E-state index is -0.917. The first-order chi connectivity index (χ1) is 8.00. The fraction of sp³-hybridized carbons (Fsp3) is 0.417. The van der Waals surface area contributed by atoms with Crippen LogP contribution in [0.4, 0.5) is 0 Å². The van der Waals surface area contributed by atoms with Crippen molar-refractivity contribution in [2.24, 2.45) is 0 Å². The van der Waals surface area contributed by atoms with E-state index in [0.29, 0.717) is 6.42 Å². The van der Waals surface area contributed by atoms with Crippen LogP contribution >= 0.6 is 0 Å². The molecular weight excluding hydrogens is 222 g/mol. The number of nitrogens with zero attached hydrogens (tertiary/aromatic N) is 1. The smallest absolute Gasteiger partial charge is 0.303 e. The van der Waals surface area contributed by atoms with Gasteiger partial charge in [0.15, 0.2) is 6.10 Å². The molecule has 0 saturated heterocycles. The molecule has 0 saturated carbocycles. The minimum absolute atomic E-state index is 0.350. The predicted octanol–water partition coefficient (Wildman–Crippen LogP) is 1.83. The van der Waals surface area contributed by atoms with Crippen molar-refractivity contribution in [1.82, 2.24) is 0 Å². The summed E-state index contributed by atoms with van der Waals surface area (Å²) in [6.45, 7) is 2.70. The average molecular weight is 237 g/mol. The van der Waals surface area contributed by atoms with Gasteiger partial charge in [-0.2, -0.15) is 0 Å². The Kier molecular flexibility index (Phi) is 4.63. The van der Waals surface area contributed by atoms with E-state index in [1.165, 1.54) is 13.8 Å². The van der Waals surface area contributed by atoms with Crippen LogP contribution in [0.25, 0.3) is 0 Å². The highest BCUT2D eigenvalue weighted by Gasteiger charge is 2.29. The molecule has 0 bridgehead atoms. The first-order valence-electron chi connectivity index (χ1n) is 5.35. The number of esters is 1. The maximum Gasteiger partial charge on any atom is 0.303 e. The van der Waals surface area contributed by atoms with Crippen LogP contribution in [-0.2, 0) is 16.0 Å². The van der Waals surface area contributed by atoms with E-state index >= 15 is 0 Å². The van der Waals surface area contributed by atoms with Crippen molar-refractivity contribution in [1.29, 1.82) is 0 Å². The van der Waals surface area contributed by atoms with E-state index in [1.807, 2.05) is 30.3 Å². The fourth-order valence-corrected chi connectivity index (χ4v) is 1.51. The summed E-state index contributed by atoms with van der Waals surface area (Å²) < 4.78 is 5.00.